The Hall–Kier alpha value is -1.18. The summed E-state index contributed by atoms with van der Waals surface area (Å²) in [6.07, 6.45) is 4.43. The first kappa shape index (κ1) is 9.82. The van der Waals surface area contributed by atoms with Crippen LogP contribution in [0, 0.1) is 0 Å². The summed E-state index contributed by atoms with van der Waals surface area (Å²) in [4.78, 5) is 21.5. The lowest BCUT2D eigenvalue weighted by Crippen LogP contribution is -1.96. The van der Waals surface area contributed by atoms with Gasteiger partial charge in [0, 0.05) is 0 Å². The third kappa shape index (κ3) is 4.25. The van der Waals surface area contributed by atoms with Crippen molar-refractivity contribution in [3.63, 3.8) is 0 Å². The van der Waals surface area contributed by atoms with Crippen molar-refractivity contribution in [3.05, 3.63) is 23.8 Å². The molecule has 0 aromatic heterocycles. The van der Waals surface area contributed by atoms with Gasteiger partial charge >= 0.3 is 0 Å². The van der Waals surface area contributed by atoms with Crippen LogP contribution in [0.25, 0.3) is 0 Å². The highest BCUT2D eigenvalue weighted by atomic mass is 16.1. The predicted molar refractivity (Wildman–Crippen MR) is 44.3 cm³/mol. The standard InChI is InChI=1S/C9H12O2/c1-4-5-9(11)7(2)6-8(3)10/h4-6H,1-3H3/b5-4-,7-6+. The summed E-state index contributed by atoms with van der Waals surface area (Å²) >= 11 is 0. The van der Waals surface area contributed by atoms with Gasteiger partial charge in [-0.25, -0.2) is 0 Å². The Balaban J connectivity index is 4.36. The molecule has 0 aliphatic rings. The molecule has 11 heavy (non-hydrogen) atoms. The van der Waals surface area contributed by atoms with Crippen LogP contribution in [0.5, 0.6) is 0 Å². The fourth-order valence-corrected chi connectivity index (χ4v) is 0.659. The molecule has 0 unspecified atom stereocenters. The molecule has 2 nitrogen and oxygen atoms in total. The molecule has 0 saturated carbocycles. The van der Waals surface area contributed by atoms with E-state index >= 15 is 0 Å². The number of carbonyl (C=O) groups excluding carboxylic acids is 2. The molecule has 0 spiro atoms. The molecule has 0 bridgehead atoms. The highest BCUT2D eigenvalue weighted by Crippen LogP contribution is 1.96. The second kappa shape index (κ2) is 4.61. The monoisotopic (exact) mass is 152 g/mol. The van der Waals surface area contributed by atoms with E-state index < -0.39 is 0 Å². The molecule has 0 amide bonds. The first-order chi connectivity index (χ1) is 5.07. The second-order valence-electron chi connectivity index (χ2n) is 2.30. The fourth-order valence-electron chi connectivity index (χ4n) is 0.659. The number of allylic oxidation sites excluding steroid dienone is 4. The molecule has 0 heterocycles. The summed E-state index contributed by atoms with van der Waals surface area (Å²) in [6.45, 7) is 4.81. The minimum absolute atomic E-state index is 0.0969. The average Bonchev–Trinajstić information content (AvgIpc) is 1.86. The van der Waals surface area contributed by atoms with Crippen molar-refractivity contribution in [2.75, 3.05) is 0 Å². The number of hydrogen-bond donors (Lipinski definition) is 0. The first-order valence-corrected chi connectivity index (χ1v) is 3.43. The predicted octanol–water partition coefficient (Wildman–Crippen LogP) is 1.67. The zero-order valence-corrected chi connectivity index (χ0v) is 7.05. The number of hydrogen-bond acceptors (Lipinski definition) is 2. The molecular weight excluding hydrogens is 140 g/mol. The summed E-state index contributed by atoms with van der Waals surface area (Å²) in [5.41, 5.74) is 0.482. The van der Waals surface area contributed by atoms with E-state index in [1.165, 1.54) is 19.1 Å². The highest BCUT2D eigenvalue weighted by Gasteiger charge is 1.98. The van der Waals surface area contributed by atoms with Crippen LogP contribution < -0.4 is 0 Å². The number of ketones is 2. The SMILES string of the molecule is C/C=C\C(=O)/C(C)=C/C(C)=O. The molecule has 0 atom stereocenters. The van der Waals surface area contributed by atoms with Gasteiger partial charge in [0.1, 0.15) is 0 Å². The minimum atomic E-state index is -0.109. The Kier molecular flexibility index (Phi) is 4.11. The summed E-state index contributed by atoms with van der Waals surface area (Å²) in [6, 6.07) is 0. The van der Waals surface area contributed by atoms with Gasteiger partial charge in [-0.1, -0.05) is 6.08 Å². The van der Waals surface area contributed by atoms with Gasteiger partial charge < -0.3 is 0 Å². The Labute approximate surface area is 66.6 Å². The van der Waals surface area contributed by atoms with Crippen LogP contribution in [0.15, 0.2) is 23.8 Å². The van der Waals surface area contributed by atoms with E-state index in [0.29, 0.717) is 5.57 Å². The summed E-state index contributed by atoms with van der Waals surface area (Å²) in [7, 11) is 0. The van der Waals surface area contributed by atoms with E-state index in [9.17, 15) is 9.59 Å². The van der Waals surface area contributed by atoms with Gasteiger partial charge in [-0.05, 0) is 38.5 Å². The van der Waals surface area contributed by atoms with E-state index in [1.807, 2.05) is 0 Å². The van der Waals surface area contributed by atoms with Crippen LogP contribution >= 0.6 is 0 Å². The van der Waals surface area contributed by atoms with Crippen LogP contribution in [0.4, 0.5) is 0 Å². The van der Waals surface area contributed by atoms with Gasteiger partial charge in [0.25, 0.3) is 0 Å². The van der Waals surface area contributed by atoms with Gasteiger partial charge in [-0.15, -0.1) is 0 Å². The van der Waals surface area contributed by atoms with Crippen LogP contribution in [-0.4, -0.2) is 11.6 Å². The van der Waals surface area contributed by atoms with E-state index in [4.69, 9.17) is 0 Å². The third-order valence-corrected chi connectivity index (χ3v) is 1.13. The Morgan fingerprint density at radius 2 is 1.73 bits per heavy atom. The largest absolute Gasteiger partial charge is 0.295 e. The smallest absolute Gasteiger partial charge is 0.181 e. The fraction of sp³-hybridized carbons (Fsp3) is 0.333. The molecular formula is C9H12O2. The van der Waals surface area contributed by atoms with Crippen molar-refractivity contribution in [1.29, 1.82) is 0 Å². The van der Waals surface area contributed by atoms with E-state index in [2.05, 4.69) is 0 Å². The topological polar surface area (TPSA) is 34.1 Å². The van der Waals surface area contributed by atoms with Gasteiger partial charge in [-0.3, -0.25) is 9.59 Å². The Morgan fingerprint density at radius 1 is 1.18 bits per heavy atom. The molecule has 0 aromatic carbocycles. The Morgan fingerprint density at radius 3 is 2.09 bits per heavy atom. The van der Waals surface area contributed by atoms with Crippen molar-refractivity contribution in [3.8, 4) is 0 Å². The van der Waals surface area contributed by atoms with Gasteiger partial charge in [-0.2, -0.15) is 0 Å². The van der Waals surface area contributed by atoms with Crippen LogP contribution in [0.3, 0.4) is 0 Å². The molecule has 2 heteroatoms. The lowest BCUT2D eigenvalue weighted by atomic mass is 10.1. The number of rotatable bonds is 3. The molecule has 0 saturated heterocycles. The Bertz CT molecular complexity index is 222. The lowest BCUT2D eigenvalue weighted by Gasteiger charge is -1.90. The van der Waals surface area contributed by atoms with Crippen LogP contribution in [0.2, 0.25) is 0 Å². The molecule has 60 valence electrons. The maximum Gasteiger partial charge on any atom is 0.181 e. The zero-order valence-electron chi connectivity index (χ0n) is 7.05. The first-order valence-electron chi connectivity index (χ1n) is 3.43. The van der Waals surface area contributed by atoms with Gasteiger partial charge in [0.15, 0.2) is 11.6 Å². The maximum atomic E-state index is 11.0. The molecule has 0 aliphatic heterocycles. The summed E-state index contributed by atoms with van der Waals surface area (Å²) in [5.74, 6) is -0.206. The van der Waals surface area contributed by atoms with Crippen molar-refractivity contribution >= 4 is 11.6 Å². The van der Waals surface area contributed by atoms with Crippen molar-refractivity contribution in [2.24, 2.45) is 0 Å². The second-order valence-corrected chi connectivity index (χ2v) is 2.30. The summed E-state index contributed by atoms with van der Waals surface area (Å²) in [5, 5.41) is 0. The van der Waals surface area contributed by atoms with Crippen LogP contribution in [-0.2, 0) is 9.59 Å². The molecule has 0 aliphatic carbocycles. The highest BCUT2D eigenvalue weighted by molar-refractivity contribution is 6.07. The van der Waals surface area contributed by atoms with E-state index in [-0.39, 0.29) is 11.6 Å². The van der Waals surface area contributed by atoms with Gasteiger partial charge in [0.2, 0.25) is 0 Å². The molecule has 0 aromatic rings. The molecule has 0 radical (unpaired) electrons. The normalized spacial score (nSPS) is 12.1. The van der Waals surface area contributed by atoms with Crippen LogP contribution in [0.1, 0.15) is 20.8 Å². The summed E-state index contributed by atoms with van der Waals surface area (Å²) < 4.78 is 0. The molecule has 0 fully saturated rings. The van der Waals surface area contributed by atoms with Crippen molar-refractivity contribution in [1.82, 2.24) is 0 Å². The quantitative estimate of drug-likeness (QED) is 0.576. The number of carbonyl (C=O) groups is 2. The maximum absolute atomic E-state index is 11.0. The van der Waals surface area contributed by atoms with E-state index in [1.54, 1.807) is 19.9 Å². The lowest BCUT2D eigenvalue weighted by molar-refractivity contribution is -0.114. The van der Waals surface area contributed by atoms with Gasteiger partial charge in [0.05, 0.1) is 0 Å². The molecule has 0 N–H and O–H groups in total. The molecule has 0 rings (SSSR count). The van der Waals surface area contributed by atoms with Crippen molar-refractivity contribution in [2.45, 2.75) is 20.8 Å². The zero-order chi connectivity index (χ0) is 8.85. The minimum Gasteiger partial charge on any atom is -0.295 e. The van der Waals surface area contributed by atoms with E-state index in [0.717, 1.165) is 0 Å². The average molecular weight is 152 g/mol. The van der Waals surface area contributed by atoms with Crippen molar-refractivity contribution < 1.29 is 9.59 Å². The third-order valence-electron chi connectivity index (χ3n) is 1.13.